The molecule has 0 unspecified atom stereocenters. The van der Waals surface area contributed by atoms with Gasteiger partial charge in [0.15, 0.2) is 12.3 Å². The van der Waals surface area contributed by atoms with Crippen LogP contribution in [0.25, 0.3) is 0 Å². The topological polar surface area (TPSA) is 109 Å². The highest BCUT2D eigenvalue weighted by atomic mass is 16.6. The Morgan fingerprint density at radius 1 is 1.23 bits per heavy atom. The molecule has 0 saturated carbocycles. The van der Waals surface area contributed by atoms with Crippen LogP contribution in [0.15, 0.2) is 46.1 Å². The van der Waals surface area contributed by atoms with Crippen molar-refractivity contribution in [3.8, 4) is 0 Å². The molecular formula is C22H28N2O7. The molecule has 1 saturated heterocycles. The maximum Gasteiger partial charge on any atom is 0.330 e. The Hall–Kier alpha value is -2.75. The van der Waals surface area contributed by atoms with Crippen molar-refractivity contribution in [3.05, 3.63) is 68.5 Å². The first kappa shape index (κ1) is 22.9. The molecule has 168 valence electrons. The minimum Gasteiger partial charge on any atom is -0.455 e. The second-order valence-corrected chi connectivity index (χ2v) is 7.49. The number of aromatic nitrogens is 2. The lowest BCUT2D eigenvalue weighted by Gasteiger charge is -2.27. The molecule has 0 aliphatic carbocycles. The third-order valence-corrected chi connectivity index (χ3v) is 5.30. The Bertz CT molecular complexity index is 1000. The van der Waals surface area contributed by atoms with E-state index in [2.05, 4.69) is 4.98 Å². The van der Waals surface area contributed by atoms with Gasteiger partial charge in [0.25, 0.3) is 5.56 Å². The van der Waals surface area contributed by atoms with Gasteiger partial charge in [0.2, 0.25) is 0 Å². The average molecular weight is 432 g/mol. The molecule has 0 bridgehead atoms. The zero-order valence-corrected chi connectivity index (χ0v) is 18.1. The molecule has 31 heavy (non-hydrogen) atoms. The Labute approximate surface area is 179 Å². The number of esters is 1. The fraction of sp³-hybridized carbons (Fsp3) is 0.500. The number of aromatic amines is 1. The summed E-state index contributed by atoms with van der Waals surface area (Å²) in [6.07, 6.45) is -1.53. The molecule has 0 radical (unpaired) electrons. The molecule has 2 aromatic rings. The molecule has 3 rings (SSSR count). The Kier molecular flexibility index (Phi) is 7.42. The third-order valence-electron chi connectivity index (χ3n) is 5.30. The van der Waals surface area contributed by atoms with Gasteiger partial charge in [0, 0.05) is 25.8 Å². The number of rotatable bonds is 8. The number of hydrogen-bond donors (Lipinski definition) is 1. The lowest BCUT2D eigenvalue weighted by Crippen LogP contribution is -2.43. The smallest absolute Gasteiger partial charge is 0.330 e. The highest BCUT2D eigenvalue weighted by Crippen LogP contribution is 2.36. The van der Waals surface area contributed by atoms with Crippen molar-refractivity contribution >= 4 is 5.97 Å². The minimum absolute atomic E-state index is 0.328. The number of H-pyrrole nitrogens is 1. The molecule has 9 heteroatoms. The summed E-state index contributed by atoms with van der Waals surface area (Å²) in [6.45, 7) is 5.18. The van der Waals surface area contributed by atoms with E-state index in [4.69, 9.17) is 18.9 Å². The van der Waals surface area contributed by atoms with Gasteiger partial charge in [-0.3, -0.25) is 19.1 Å². The summed E-state index contributed by atoms with van der Waals surface area (Å²) >= 11 is 0. The summed E-state index contributed by atoms with van der Waals surface area (Å²) in [4.78, 5) is 38.3. The molecular weight excluding hydrogens is 404 g/mol. The van der Waals surface area contributed by atoms with Crippen LogP contribution in [-0.2, 0) is 30.3 Å². The Balaban J connectivity index is 1.91. The van der Waals surface area contributed by atoms with E-state index >= 15 is 0 Å². The molecule has 1 N–H and O–H groups in total. The molecule has 0 spiro atoms. The lowest BCUT2D eigenvalue weighted by molar-refractivity contribution is -0.156. The summed E-state index contributed by atoms with van der Waals surface area (Å²) in [7, 11) is 1.49. The van der Waals surface area contributed by atoms with E-state index in [1.807, 2.05) is 37.3 Å². The summed E-state index contributed by atoms with van der Waals surface area (Å²) in [5.74, 6) is -0.534. The maximum absolute atomic E-state index is 12.5. The predicted octanol–water partition coefficient (Wildman–Crippen LogP) is 1.68. The van der Waals surface area contributed by atoms with Crippen LogP contribution in [0.5, 0.6) is 0 Å². The van der Waals surface area contributed by atoms with Gasteiger partial charge in [-0.1, -0.05) is 37.3 Å². The van der Waals surface area contributed by atoms with E-state index in [-0.39, 0.29) is 6.10 Å². The normalized spacial score (nSPS) is 24.1. The van der Waals surface area contributed by atoms with Crippen molar-refractivity contribution in [2.24, 2.45) is 0 Å². The summed E-state index contributed by atoms with van der Waals surface area (Å²) in [5.41, 5.74) is 0.190. The number of hydrogen-bond acceptors (Lipinski definition) is 7. The van der Waals surface area contributed by atoms with Crippen LogP contribution >= 0.6 is 0 Å². The lowest BCUT2D eigenvalue weighted by atomic mass is 10.0. The largest absolute Gasteiger partial charge is 0.455 e. The van der Waals surface area contributed by atoms with Crippen LogP contribution in [0.1, 0.15) is 37.6 Å². The number of carbonyl (C=O) groups is 1. The molecule has 1 fully saturated rings. The quantitative estimate of drug-likeness (QED) is 0.632. The van der Waals surface area contributed by atoms with Crippen molar-refractivity contribution in [2.45, 2.75) is 64.4 Å². The van der Waals surface area contributed by atoms with E-state index in [0.717, 1.165) is 5.56 Å². The van der Waals surface area contributed by atoms with Gasteiger partial charge in [-0.25, -0.2) is 4.79 Å². The van der Waals surface area contributed by atoms with Crippen molar-refractivity contribution in [2.75, 3.05) is 7.11 Å². The molecule has 1 aliphatic heterocycles. The number of nitrogens with zero attached hydrogens (tertiary/aromatic N) is 1. The van der Waals surface area contributed by atoms with Crippen LogP contribution in [0, 0.1) is 6.92 Å². The van der Waals surface area contributed by atoms with Gasteiger partial charge < -0.3 is 18.9 Å². The van der Waals surface area contributed by atoms with Gasteiger partial charge in [0.1, 0.15) is 12.2 Å². The van der Waals surface area contributed by atoms with E-state index in [9.17, 15) is 14.4 Å². The molecule has 1 aromatic carbocycles. The van der Waals surface area contributed by atoms with Crippen molar-refractivity contribution in [1.82, 2.24) is 9.55 Å². The summed E-state index contributed by atoms with van der Waals surface area (Å²) in [5, 5.41) is 0. The average Bonchev–Trinajstić information content (AvgIpc) is 3.09. The number of aryl methyl sites for hydroxylation is 1. The molecule has 5 atom stereocenters. The van der Waals surface area contributed by atoms with Crippen LogP contribution in [0.3, 0.4) is 0 Å². The fourth-order valence-corrected chi connectivity index (χ4v) is 3.77. The van der Waals surface area contributed by atoms with Gasteiger partial charge in [-0.05, 0) is 18.9 Å². The van der Waals surface area contributed by atoms with Gasteiger partial charge in [0.05, 0.1) is 12.7 Å². The number of nitrogens with one attached hydrogen (secondary N) is 1. The SMILES string of the molecule is CC[C@@H](OCc1ccccc1)[C@H]1O[C@@H](n2cc(C)c(=O)[nH]c2=O)[C@H](OC(C)=O)[C@@H]1OC. The van der Waals surface area contributed by atoms with Crippen molar-refractivity contribution in [1.29, 1.82) is 0 Å². The molecule has 0 amide bonds. The van der Waals surface area contributed by atoms with E-state index in [0.29, 0.717) is 18.6 Å². The third kappa shape index (κ3) is 5.12. The summed E-state index contributed by atoms with van der Waals surface area (Å²) < 4.78 is 24.7. The first-order valence-electron chi connectivity index (χ1n) is 10.2. The zero-order valence-electron chi connectivity index (χ0n) is 18.1. The fourth-order valence-electron chi connectivity index (χ4n) is 3.77. The second kappa shape index (κ2) is 10.0. The van der Waals surface area contributed by atoms with E-state index < -0.39 is 41.8 Å². The summed E-state index contributed by atoms with van der Waals surface area (Å²) in [6, 6.07) is 9.72. The molecule has 2 heterocycles. The van der Waals surface area contributed by atoms with Crippen LogP contribution in [0.4, 0.5) is 0 Å². The molecule has 9 nitrogen and oxygen atoms in total. The molecule has 1 aliphatic rings. The second-order valence-electron chi connectivity index (χ2n) is 7.49. The van der Waals surface area contributed by atoms with Crippen molar-refractivity contribution in [3.63, 3.8) is 0 Å². The highest BCUT2D eigenvalue weighted by molar-refractivity contribution is 5.66. The van der Waals surface area contributed by atoms with Crippen LogP contribution in [0.2, 0.25) is 0 Å². The van der Waals surface area contributed by atoms with E-state index in [1.54, 1.807) is 6.92 Å². The van der Waals surface area contributed by atoms with Gasteiger partial charge >= 0.3 is 11.7 Å². The van der Waals surface area contributed by atoms with Crippen LogP contribution < -0.4 is 11.2 Å². The Morgan fingerprint density at radius 2 is 1.94 bits per heavy atom. The number of benzene rings is 1. The van der Waals surface area contributed by atoms with E-state index in [1.165, 1.54) is 24.8 Å². The number of methoxy groups -OCH3 is 1. The Morgan fingerprint density at radius 3 is 2.55 bits per heavy atom. The standard InChI is InChI=1S/C22H28N2O7/c1-5-16(29-12-15-9-7-6-8-10-15)17-18(28-4)19(30-14(3)25)21(31-17)24-11-13(2)20(26)23-22(24)27/h6-11,16-19,21H,5,12H2,1-4H3,(H,23,26,27)/t16-,17-,18-,19-,21-/m1/s1. The number of ether oxygens (including phenoxy) is 4. The van der Waals surface area contributed by atoms with Gasteiger partial charge in [-0.2, -0.15) is 0 Å². The molecule has 1 aromatic heterocycles. The highest BCUT2D eigenvalue weighted by Gasteiger charge is 2.51. The predicted molar refractivity (Wildman–Crippen MR) is 112 cm³/mol. The minimum atomic E-state index is -0.976. The van der Waals surface area contributed by atoms with Gasteiger partial charge in [-0.15, -0.1) is 0 Å². The maximum atomic E-state index is 12.5. The zero-order chi connectivity index (χ0) is 22.5. The van der Waals surface area contributed by atoms with Crippen molar-refractivity contribution < 1.29 is 23.7 Å². The van der Waals surface area contributed by atoms with Crippen LogP contribution in [-0.4, -0.2) is 47.0 Å². The monoisotopic (exact) mass is 432 g/mol. The first-order valence-corrected chi connectivity index (χ1v) is 10.2. The number of carbonyl (C=O) groups excluding carboxylic acids is 1. The first-order chi connectivity index (χ1) is 14.8.